The van der Waals surface area contributed by atoms with E-state index in [0.717, 1.165) is 24.9 Å². The van der Waals surface area contributed by atoms with Crippen molar-refractivity contribution >= 4 is 35.0 Å². The number of Topliss-reactive ketones (excluding diaryl/α,β-unsaturated/α-hetero) is 1. The Morgan fingerprint density at radius 2 is 1.70 bits per heavy atom. The molecule has 2 aromatic carbocycles. The van der Waals surface area contributed by atoms with Crippen molar-refractivity contribution in [2.24, 2.45) is 11.3 Å². The molecular weight excluding hydrogens is 436 g/mol. The van der Waals surface area contributed by atoms with Gasteiger partial charge in [-0.05, 0) is 79.5 Å². The SMILES string of the molecule is COc1ccc(C(=O)CCC(=O)N2CCC3(CC2)C[C@H]3C(=O)Nc2ccc(SC)cc2)cc1. The maximum Gasteiger partial charge on any atom is 0.228 e. The first-order chi connectivity index (χ1) is 15.9. The molecule has 1 spiro atoms. The molecule has 6 nitrogen and oxygen atoms in total. The number of anilines is 1. The smallest absolute Gasteiger partial charge is 0.228 e. The second-order valence-electron chi connectivity index (χ2n) is 8.87. The second kappa shape index (κ2) is 10.00. The highest BCUT2D eigenvalue weighted by molar-refractivity contribution is 7.98. The highest BCUT2D eigenvalue weighted by Gasteiger charge is 2.58. The number of thioether (sulfide) groups is 1. The summed E-state index contributed by atoms with van der Waals surface area (Å²) in [6, 6.07) is 14.8. The summed E-state index contributed by atoms with van der Waals surface area (Å²) in [5, 5.41) is 3.04. The van der Waals surface area contributed by atoms with Crippen molar-refractivity contribution in [1.82, 2.24) is 4.90 Å². The van der Waals surface area contributed by atoms with Gasteiger partial charge in [0.25, 0.3) is 0 Å². The fraction of sp³-hybridized carbons (Fsp3) is 0.423. The number of likely N-dealkylation sites (tertiary alicyclic amines) is 1. The summed E-state index contributed by atoms with van der Waals surface area (Å²) in [5.41, 5.74) is 1.45. The fourth-order valence-electron chi connectivity index (χ4n) is 4.68. The summed E-state index contributed by atoms with van der Waals surface area (Å²) in [5.74, 6) is 0.778. The molecule has 2 aromatic rings. The van der Waals surface area contributed by atoms with Gasteiger partial charge in [-0.2, -0.15) is 0 Å². The molecule has 4 rings (SSSR count). The van der Waals surface area contributed by atoms with Crippen LogP contribution in [0.4, 0.5) is 5.69 Å². The summed E-state index contributed by atoms with van der Waals surface area (Å²) in [7, 11) is 1.58. The zero-order valence-corrected chi connectivity index (χ0v) is 20.0. The highest BCUT2D eigenvalue weighted by Crippen LogP contribution is 2.59. The number of piperidine rings is 1. The number of amides is 2. The maximum atomic E-state index is 12.7. The molecule has 1 atom stereocenters. The van der Waals surface area contributed by atoms with Gasteiger partial charge in [-0.15, -0.1) is 11.8 Å². The van der Waals surface area contributed by atoms with Gasteiger partial charge in [0.2, 0.25) is 11.8 Å². The first kappa shape index (κ1) is 23.4. The van der Waals surface area contributed by atoms with E-state index in [9.17, 15) is 14.4 Å². The van der Waals surface area contributed by atoms with Gasteiger partial charge in [0.05, 0.1) is 7.11 Å². The van der Waals surface area contributed by atoms with Crippen molar-refractivity contribution in [1.29, 1.82) is 0 Å². The lowest BCUT2D eigenvalue weighted by Crippen LogP contribution is -2.40. The van der Waals surface area contributed by atoms with Crippen molar-refractivity contribution in [2.45, 2.75) is 37.0 Å². The molecule has 1 heterocycles. The molecule has 0 aromatic heterocycles. The van der Waals surface area contributed by atoms with Crippen LogP contribution in [0.25, 0.3) is 0 Å². The van der Waals surface area contributed by atoms with E-state index in [1.807, 2.05) is 35.4 Å². The van der Waals surface area contributed by atoms with Crippen LogP contribution in [0.1, 0.15) is 42.5 Å². The second-order valence-corrected chi connectivity index (χ2v) is 9.75. The first-order valence-corrected chi connectivity index (χ1v) is 12.6. The Balaban J connectivity index is 1.21. The summed E-state index contributed by atoms with van der Waals surface area (Å²) in [4.78, 5) is 40.8. The van der Waals surface area contributed by atoms with Crippen LogP contribution >= 0.6 is 11.8 Å². The normalized spacial score (nSPS) is 18.6. The van der Waals surface area contributed by atoms with Crippen LogP contribution in [-0.4, -0.2) is 49.0 Å². The number of benzene rings is 2. The van der Waals surface area contributed by atoms with E-state index in [4.69, 9.17) is 4.74 Å². The Kier molecular flexibility index (Phi) is 7.08. The van der Waals surface area contributed by atoms with E-state index in [2.05, 4.69) is 5.32 Å². The van der Waals surface area contributed by atoms with Gasteiger partial charge in [0, 0.05) is 48.0 Å². The molecule has 2 fully saturated rings. The summed E-state index contributed by atoms with van der Waals surface area (Å²) in [6.07, 6.45) is 5.02. The molecular formula is C26H30N2O4S. The standard InChI is InChI=1S/C26H30N2O4S/c1-32-20-7-3-18(4-8-20)23(29)11-12-24(30)28-15-13-26(14-16-28)17-22(26)25(31)27-19-5-9-21(33-2)10-6-19/h3-10,22H,11-17H2,1-2H3,(H,27,31)/t22-/m0/s1. The molecule has 0 radical (unpaired) electrons. The van der Waals surface area contributed by atoms with Gasteiger partial charge in [-0.25, -0.2) is 0 Å². The maximum absolute atomic E-state index is 12.7. The molecule has 1 saturated heterocycles. The molecule has 7 heteroatoms. The quantitative estimate of drug-likeness (QED) is 0.453. The van der Waals surface area contributed by atoms with E-state index in [1.165, 1.54) is 4.90 Å². The van der Waals surface area contributed by atoms with Gasteiger partial charge in [0.1, 0.15) is 5.75 Å². The molecule has 2 amide bonds. The molecule has 0 unspecified atom stereocenters. The van der Waals surface area contributed by atoms with Gasteiger partial charge in [0.15, 0.2) is 5.78 Å². The number of carbonyl (C=O) groups excluding carboxylic acids is 3. The van der Waals surface area contributed by atoms with E-state index < -0.39 is 0 Å². The number of methoxy groups -OCH3 is 1. The largest absolute Gasteiger partial charge is 0.497 e. The minimum Gasteiger partial charge on any atom is -0.497 e. The number of rotatable bonds is 8. The molecule has 174 valence electrons. The molecule has 1 saturated carbocycles. The third-order valence-electron chi connectivity index (χ3n) is 6.95. The van der Waals surface area contributed by atoms with E-state index in [0.29, 0.717) is 24.4 Å². The van der Waals surface area contributed by atoms with Crippen LogP contribution in [0.2, 0.25) is 0 Å². The molecule has 0 bridgehead atoms. The Morgan fingerprint density at radius 1 is 1.03 bits per heavy atom. The minimum absolute atomic E-state index is 0.0160. The molecule has 1 aliphatic carbocycles. The number of hydrogen-bond donors (Lipinski definition) is 1. The first-order valence-electron chi connectivity index (χ1n) is 11.3. The average Bonchev–Trinajstić information content (AvgIpc) is 3.56. The Hall–Kier alpha value is -2.80. The van der Waals surface area contributed by atoms with Crippen molar-refractivity contribution in [3.63, 3.8) is 0 Å². The molecule has 2 aliphatic rings. The van der Waals surface area contributed by atoms with Gasteiger partial charge >= 0.3 is 0 Å². The summed E-state index contributed by atoms with van der Waals surface area (Å²) < 4.78 is 5.11. The van der Waals surface area contributed by atoms with Crippen molar-refractivity contribution in [3.8, 4) is 5.75 Å². The lowest BCUT2D eigenvalue weighted by atomic mass is 9.90. The highest BCUT2D eigenvalue weighted by atomic mass is 32.2. The van der Waals surface area contributed by atoms with Crippen LogP contribution in [-0.2, 0) is 9.59 Å². The number of ketones is 1. The number of ether oxygens (including phenoxy) is 1. The van der Waals surface area contributed by atoms with Gasteiger partial charge < -0.3 is 15.0 Å². The monoisotopic (exact) mass is 466 g/mol. The third-order valence-corrected chi connectivity index (χ3v) is 7.70. The van der Waals surface area contributed by atoms with Crippen molar-refractivity contribution in [3.05, 3.63) is 54.1 Å². The predicted octanol–water partition coefficient (Wildman–Crippen LogP) is 4.65. The van der Waals surface area contributed by atoms with E-state index in [1.54, 1.807) is 43.1 Å². The molecule has 1 N–H and O–H groups in total. The zero-order chi connectivity index (χ0) is 23.4. The number of nitrogens with zero attached hydrogens (tertiary/aromatic N) is 1. The molecule has 1 aliphatic heterocycles. The predicted molar refractivity (Wildman–Crippen MR) is 130 cm³/mol. The lowest BCUT2D eigenvalue weighted by molar-refractivity contribution is -0.132. The number of carbonyl (C=O) groups is 3. The zero-order valence-electron chi connectivity index (χ0n) is 19.1. The Morgan fingerprint density at radius 3 is 2.30 bits per heavy atom. The summed E-state index contributed by atoms with van der Waals surface area (Å²) in [6.45, 7) is 1.31. The van der Waals surface area contributed by atoms with Crippen LogP contribution in [0.15, 0.2) is 53.4 Å². The van der Waals surface area contributed by atoms with Crippen LogP contribution in [0.5, 0.6) is 5.75 Å². The van der Waals surface area contributed by atoms with E-state index in [-0.39, 0.29) is 41.8 Å². The van der Waals surface area contributed by atoms with Gasteiger partial charge in [-0.3, -0.25) is 14.4 Å². The lowest BCUT2D eigenvalue weighted by Gasteiger charge is -2.33. The average molecular weight is 467 g/mol. The number of hydrogen-bond acceptors (Lipinski definition) is 5. The Labute approximate surface area is 199 Å². The topological polar surface area (TPSA) is 75.7 Å². The van der Waals surface area contributed by atoms with E-state index >= 15 is 0 Å². The van der Waals surface area contributed by atoms with Crippen molar-refractivity contribution < 1.29 is 19.1 Å². The van der Waals surface area contributed by atoms with Crippen molar-refractivity contribution in [2.75, 3.05) is 31.8 Å². The van der Waals surface area contributed by atoms with Crippen LogP contribution < -0.4 is 10.1 Å². The van der Waals surface area contributed by atoms with Crippen LogP contribution in [0, 0.1) is 11.3 Å². The third kappa shape index (κ3) is 5.41. The Bertz CT molecular complexity index is 1010. The minimum atomic E-state index is -0.0380. The fourth-order valence-corrected chi connectivity index (χ4v) is 5.08. The molecule has 33 heavy (non-hydrogen) atoms. The summed E-state index contributed by atoms with van der Waals surface area (Å²) >= 11 is 1.67. The van der Waals surface area contributed by atoms with Gasteiger partial charge in [-0.1, -0.05) is 0 Å². The van der Waals surface area contributed by atoms with Crippen LogP contribution in [0.3, 0.4) is 0 Å². The number of nitrogens with one attached hydrogen (secondary N) is 1.